The fourth-order valence-electron chi connectivity index (χ4n) is 0.803. The van der Waals surface area contributed by atoms with Crippen LogP contribution >= 0.6 is 0 Å². The van der Waals surface area contributed by atoms with E-state index in [1.54, 1.807) is 19.2 Å². The molecule has 1 aromatic rings. The fourth-order valence-corrected chi connectivity index (χ4v) is 0.803. The molecule has 0 radical (unpaired) electrons. The van der Waals surface area contributed by atoms with Crippen LogP contribution < -0.4 is 10.1 Å². The molecule has 0 bridgehead atoms. The summed E-state index contributed by atoms with van der Waals surface area (Å²) in [5, 5.41) is 2.86. The zero-order valence-electron chi connectivity index (χ0n) is 10.6. The maximum Gasteiger partial charge on any atom is 0.387 e. The number of rotatable bonds is 3. The minimum Gasteiger partial charge on any atom is -0.435 e. The van der Waals surface area contributed by atoms with Gasteiger partial charge in [-0.25, -0.2) is 0 Å². The van der Waals surface area contributed by atoms with Crippen LogP contribution in [0.2, 0.25) is 0 Å². The molecule has 1 N–H and O–H groups in total. The van der Waals surface area contributed by atoms with E-state index in [9.17, 15) is 8.78 Å². The van der Waals surface area contributed by atoms with Crippen molar-refractivity contribution in [3.8, 4) is 5.75 Å². The lowest BCUT2D eigenvalue weighted by Gasteiger charge is -2.04. The van der Waals surface area contributed by atoms with Gasteiger partial charge < -0.3 is 10.1 Å². The first-order valence-corrected chi connectivity index (χ1v) is 5.45. The highest BCUT2D eigenvalue weighted by Crippen LogP contribution is 2.16. The van der Waals surface area contributed by atoms with E-state index in [0.717, 1.165) is 5.69 Å². The molecule has 0 fully saturated rings. The monoisotopic (exact) mass is 233 g/mol. The van der Waals surface area contributed by atoms with Crippen molar-refractivity contribution in [2.24, 2.45) is 0 Å². The van der Waals surface area contributed by atoms with Gasteiger partial charge in [0.15, 0.2) is 0 Å². The van der Waals surface area contributed by atoms with Crippen LogP contribution in [0.5, 0.6) is 5.75 Å². The Morgan fingerprint density at radius 2 is 1.44 bits per heavy atom. The molecule has 0 aliphatic carbocycles. The second-order valence-electron chi connectivity index (χ2n) is 2.15. The van der Waals surface area contributed by atoms with Gasteiger partial charge in [-0.2, -0.15) is 8.78 Å². The third kappa shape index (κ3) is 8.03. The predicted molar refractivity (Wildman–Crippen MR) is 65.3 cm³/mol. The Balaban J connectivity index is 0. The van der Waals surface area contributed by atoms with Crippen molar-refractivity contribution in [2.45, 2.75) is 34.3 Å². The topological polar surface area (TPSA) is 21.3 Å². The van der Waals surface area contributed by atoms with Gasteiger partial charge in [-0.3, -0.25) is 0 Å². The van der Waals surface area contributed by atoms with E-state index in [-0.39, 0.29) is 5.75 Å². The van der Waals surface area contributed by atoms with Gasteiger partial charge in [0.25, 0.3) is 0 Å². The molecule has 0 spiro atoms. The van der Waals surface area contributed by atoms with E-state index in [2.05, 4.69) is 10.1 Å². The minimum absolute atomic E-state index is 0.170. The Labute approximate surface area is 96.6 Å². The zero-order chi connectivity index (χ0) is 13.0. The second kappa shape index (κ2) is 11.8. The molecule has 0 amide bonds. The summed E-state index contributed by atoms with van der Waals surface area (Å²) in [5.74, 6) is 0.170. The van der Waals surface area contributed by atoms with Crippen molar-refractivity contribution in [3.05, 3.63) is 24.3 Å². The smallest absolute Gasteiger partial charge is 0.387 e. The summed E-state index contributed by atoms with van der Waals surface area (Å²) in [7, 11) is 1.75. The van der Waals surface area contributed by atoms with E-state index in [4.69, 9.17) is 0 Å². The second-order valence-corrected chi connectivity index (χ2v) is 2.15. The maximum atomic E-state index is 11.7. The lowest BCUT2D eigenvalue weighted by molar-refractivity contribution is -0.0498. The molecular weight excluding hydrogens is 212 g/mol. The van der Waals surface area contributed by atoms with Crippen LogP contribution in [0, 0.1) is 0 Å². The Kier molecular flexibility index (Phi) is 12.6. The number of benzene rings is 1. The largest absolute Gasteiger partial charge is 0.435 e. The van der Waals surface area contributed by atoms with Gasteiger partial charge in [0.1, 0.15) is 5.75 Å². The van der Waals surface area contributed by atoms with E-state index < -0.39 is 6.61 Å². The number of hydrogen-bond acceptors (Lipinski definition) is 2. The predicted octanol–water partition coefficient (Wildman–Crippen LogP) is 4.38. The molecule has 94 valence electrons. The van der Waals surface area contributed by atoms with Gasteiger partial charge in [0, 0.05) is 12.7 Å². The van der Waals surface area contributed by atoms with Crippen molar-refractivity contribution in [1.29, 1.82) is 0 Å². The number of nitrogens with one attached hydrogen (secondary N) is 1. The summed E-state index contributed by atoms with van der Waals surface area (Å²) < 4.78 is 27.5. The van der Waals surface area contributed by atoms with Crippen LogP contribution in [0.25, 0.3) is 0 Å². The van der Waals surface area contributed by atoms with E-state index in [1.165, 1.54) is 12.1 Å². The molecule has 2 nitrogen and oxygen atoms in total. The summed E-state index contributed by atoms with van der Waals surface area (Å²) in [6.07, 6.45) is 0. The molecule has 0 saturated carbocycles. The molecule has 4 heteroatoms. The first kappa shape index (κ1) is 17.1. The zero-order valence-corrected chi connectivity index (χ0v) is 10.6. The highest BCUT2D eigenvalue weighted by Gasteiger charge is 2.02. The first-order valence-electron chi connectivity index (χ1n) is 5.45. The molecular formula is C12H21F2NO. The average Bonchev–Trinajstić information content (AvgIpc) is 2.34. The van der Waals surface area contributed by atoms with Crippen LogP contribution in [0.1, 0.15) is 27.7 Å². The van der Waals surface area contributed by atoms with Gasteiger partial charge in [-0.15, -0.1) is 0 Å². The molecule has 0 aliphatic heterocycles. The van der Waals surface area contributed by atoms with Crippen molar-refractivity contribution in [3.63, 3.8) is 0 Å². The number of hydrogen-bond donors (Lipinski definition) is 1. The number of anilines is 1. The van der Waals surface area contributed by atoms with Crippen LogP contribution in [0.3, 0.4) is 0 Å². The van der Waals surface area contributed by atoms with Crippen molar-refractivity contribution < 1.29 is 13.5 Å². The summed E-state index contributed by atoms with van der Waals surface area (Å²) >= 11 is 0. The Morgan fingerprint density at radius 3 is 1.75 bits per heavy atom. The van der Waals surface area contributed by atoms with Gasteiger partial charge in [-0.1, -0.05) is 27.7 Å². The summed E-state index contributed by atoms with van der Waals surface area (Å²) in [6, 6.07) is 6.30. The van der Waals surface area contributed by atoms with Crippen molar-refractivity contribution in [1.82, 2.24) is 0 Å². The fraction of sp³-hybridized carbons (Fsp3) is 0.500. The highest BCUT2D eigenvalue weighted by atomic mass is 19.3. The van der Waals surface area contributed by atoms with E-state index in [1.807, 2.05) is 27.7 Å². The Hall–Kier alpha value is -1.32. The van der Waals surface area contributed by atoms with Gasteiger partial charge in [-0.05, 0) is 24.3 Å². The third-order valence-corrected chi connectivity index (χ3v) is 1.37. The SMILES string of the molecule is CC.CC.CNc1ccc(OC(F)F)cc1. The maximum absolute atomic E-state index is 11.7. The third-order valence-electron chi connectivity index (χ3n) is 1.37. The lowest BCUT2D eigenvalue weighted by atomic mass is 10.3. The summed E-state index contributed by atoms with van der Waals surface area (Å²) in [4.78, 5) is 0. The summed E-state index contributed by atoms with van der Waals surface area (Å²) in [5.41, 5.74) is 0.858. The van der Waals surface area contributed by atoms with Gasteiger partial charge >= 0.3 is 6.61 Å². The number of ether oxygens (including phenoxy) is 1. The van der Waals surface area contributed by atoms with Gasteiger partial charge in [0.2, 0.25) is 0 Å². The quantitative estimate of drug-likeness (QED) is 0.836. The van der Waals surface area contributed by atoms with E-state index in [0.29, 0.717) is 0 Å². The number of halogens is 2. The van der Waals surface area contributed by atoms with E-state index >= 15 is 0 Å². The highest BCUT2D eigenvalue weighted by molar-refractivity contribution is 5.45. The minimum atomic E-state index is -2.76. The lowest BCUT2D eigenvalue weighted by Crippen LogP contribution is -2.01. The standard InChI is InChI=1S/C8H9F2NO.2C2H6/c1-11-6-2-4-7(5-3-6)12-8(9)10;2*1-2/h2-5,8,11H,1H3;2*1-2H3. The molecule has 0 aliphatic rings. The first-order chi connectivity index (χ1) is 7.72. The average molecular weight is 233 g/mol. The van der Waals surface area contributed by atoms with Crippen LogP contribution in [0.4, 0.5) is 14.5 Å². The Morgan fingerprint density at radius 1 is 1.00 bits per heavy atom. The summed E-state index contributed by atoms with van der Waals surface area (Å²) in [6.45, 7) is 5.24. The van der Waals surface area contributed by atoms with Crippen LogP contribution in [0.15, 0.2) is 24.3 Å². The molecule has 0 saturated heterocycles. The number of alkyl halides is 2. The Bertz CT molecular complexity index is 237. The van der Waals surface area contributed by atoms with Crippen LogP contribution in [-0.4, -0.2) is 13.7 Å². The van der Waals surface area contributed by atoms with Gasteiger partial charge in [0.05, 0.1) is 0 Å². The van der Waals surface area contributed by atoms with Crippen molar-refractivity contribution in [2.75, 3.05) is 12.4 Å². The molecule has 16 heavy (non-hydrogen) atoms. The van der Waals surface area contributed by atoms with Crippen molar-refractivity contribution >= 4 is 5.69 Å². The molecule has 1 aromatic carbocycles. The molecule has 0 unspecified atom stereocenters. The normalized spacial score (nSPS) is 8.25. The molecule has 0 aromatic heterocycles. The molecule has 1 rings (SSSR count). The van der Waals surface area contributed by atoms with Crippen LogP contribution in [-0.2, 0) is 0 Å². The molecule has 0 heterocycles. The molecule has 0 atom stereocenters.